The number of hydrogen-bond donors (Lipinski definition) is 6. The Labute approximate surface area is 130 Å². The molecule has 0 radical (unpaired) electrons. The summed E-state index contributed by atoms with van der Waals surface area (Å²) in [6.07, 6.45) is -12.6. The first-order valence-electron chi connectivity index (χ1n) is 6.55. The first-order chi connectivity index (χ1) is 10.6. The first-order valence-corrected chi connectivity index (χ1v) is 7.91. The van der Waals surface area contributed by atoms with Crippen LogP contribution < -0.4 is 0 Å². The summed E-state index contributed by atoms with van der Waals surface area (Å²) in [5, 5.41) is 48.0. The zero-order valence-corrected chi connectivity index (χ0v) is 12.4. The molecule has 4 unspecified atom stereocenters. The predicted molar refractivity (Wildman–Crippen MR) is 67.0 cm³/mol. The van der Waals surface area contributed by atoms with Crippen molar-refractivity contribution in [2.45, 2.75) is 49.2 Å². The van der Waals surface area contributed by atoms with Crippen molar-refractivity contribution in [2.24, 2.45) is 0 Å². The molecule has 0 amide bonds. The molecule has 0 aromatic carbocycles. The average molecular weight is 362 g/mol. The van der Waals surface area contributed by atoms with Gasteiger partial charge in [-0.25, -0.2) is 4.18 Å². The Morgan fingerprint density at radius 2 is 1.39 bits per heavy atom. The summed E-state index contributed by atoms with van der Waals surface area (Å²) in [5.74, 6) is 0. The van der Waals surface area contributed by atoms with Crippen LogP contribution in [-0.2, 0) is 28.8 Å². The van der Waals surface area contributed by atoms with Crippen molar-refractivity contribution in [1.29, 1.82) is 0 Å². The molecule has 2 heterocycles. The molecule has 2 aliphatic heterocycles. The van der Waals surface area contributed by atoms with Crippen LogP contribution in [0.2, 0.25) is 0 Å². The molecule has 13 heteroatoms. The molecule has 23 heavy (non-hydrogen) atoms. The van der Waals surface area contributed by atoms with Crippen molar-refractivity contribution in [3.8, 4) is 0 Å². The molecule has 2 fully saturated rings. The Morgan fingerprint density at radius 3 is 2.00 bits per heavy atom. The van der Waals surface area contributed by atoms with E-state index in [0.29, 0.717) is 0 Å². The van der Waals surface area contributed by atoms with Crippen LogP contribution >= 0.6 is 0 Å². The summed E-state index contributed by atoms with van der Waals surface area (Å²) < 4.78 is 48.8. The van der Waals surface area contributed by atoms with E-state index >= 15 is 0 Å². The van der Waals surface area contributed by atoms with Gasteiger partial charge in [0.1, 0.15) is 36.6 Å². The van der Waals surface area contributed by atoms with Gasteiger partial charge in [-0.2, -0.15) is 8.42 Å². The van der Waals surface area contributed by atoms with Crippen LogP contribution in [0.15, 0.2) is 0 Å². The van der Waals surface area contributed by atoms with Gasteiger partial charge < -0.3 is 39.7 Å². The Bertz CT molecular complexity index is 496. The van der Waals surface area contributed by atoms with Crippen molar-refractivity contribution in [3.05, 3.63) is 0 Å². The molecule has 6 N–H and O–H groups in total. The van der Waals surface area contributed by atoms with Crippen LogP contribution in [-0.4, -0.2) is 101 Å². The van der Waals surface area contributed by atoms with Gasteiger partial charge in [-0.3, -0.25) is 4.55 Å². The Kier molecular flexibility index (Phi) is 5.91. The molecule has 0 bridgehead atoms. The highest BCUT2D eigenvalue weighted by Crippen LogP contribution is 2.24. The van der Waals surface area contributed by atoms with Gasteiger partial charge >= 0.3 is 10.4 Å². The Hall–Kier alpha value is -0.450. The number of aliphatic hydroxyl groups excluding tert-OH is 5. The molecule has 0 spiro atoms. The summed E-state index contributed by atoms with van der Waals surface area (Å²) in [4.78, 5) is 0. The predicted octanol–water partition coefficient (Wildman–Crippen LogP) is -4.29. The van der Waals surface area contributed by atoms with Crippen LogP contribution in [0, 0.1) is 0 Å². The van der Waals surface area contributed by atoms with Crippen molar-refractivity contribution in [1.82, 2.24) is 0 Å². The second-order valence-corrected chi connectivity index (χ2v) is 6.17. The largest absolute Gasteiger partial charge is 0.397 e. The third-order valence-electron chi connectivity index (χ3n) is 3.44. The van der Waals surface area contributed by atoms with E-state index in [9.17, 15) is 34.0 Å². The molecule has 12 nitrogen and oxygen atoms in total. The topological polar surface area (TPSA) is 192 Å². The Balaban J connectivity index is 1.95. The molecule has 0 aliphatic carbocycles. The lowest BCUT2D eigenvalue weighted by Gasteiger charge is -2.41. The lowest BCUT2D eigenvalue weighted by Crippen LogP contribution is -2.59. The second-order valence-electron chi connectivity index (χ2n) is 5.12. The minimum atomic E-state index is -4.86. The molecular weight excluding hydrogens is 344 g/mol. The van der Waals surface area contributed by atoms with Gasteiger partial charge in [0.15, 0.2) is 12.6 Å². The van der Waals surface area contributed by atoms with Crippen molar-refractivity contribution < 1.29 is 56.9 Å². The fourth-order valence-electron chi connectivity index (χ4n) is 2.20. The molecule has 0 saturated carbocycles. The van der Waals surface area contributed by atoms with Crippen LogP contribution in [0.4, 0.5) is 0 Å². The fourth-order valence-corrected chi connectivity index (χ4v) is 2.68. The van der Waals surface area contributed by atoms with E-state index in [0.717, 1.165) is 0 Å². The summed E-state index contributed by atoms with van der Waals surface area (Å²) >= 11 is 0. The fraction of sp³-hybridized carbons (Fsp3) is 1.00. The van der Waals surface area contributed by atoms with E-state index < -0.39 is 66.2 Å². The summed E-state index contributed by atoms with van der Waals surface area (Å²) in [6, 6.07) is 0. The molecule has 2 saturated heterocycles. The van der Waals surface area contributed by atoms with E-state index in [2.05, 4.69) is 4.18 Å². The average Bonchev–Trinajstić information content (AvgIpc) is 2.46. The van der Waals surface area contributed by atoms with Gasteiger partial charge in [0, 0.05) is 0 Å². The van der Waals surface area contributed by atoms with Crippen molar-refractivity contribution >= 4 is 10.4 Å². The highest BCUT2D eigenvalue weighted by molar-refractivity contribution is 7.80. The quantitative estimate of drug-likeness (QED) is 0.264. The highest BCUT2D eigenvalue weighted by atomic mass is 32.3. The number of hydrogen-bond acceptors (Lipinski definition) is 11. The van der Waals surface area contributed by atoms with E-state index in [4.69, 9.17) is 18.8 Å². The zero-order chi connectivity index (χ0) is 17.4. The van der Waals surface area contributed by atoms with E-state index in [1.807, 2.05) is 0 Å². The SMILES string of the molecule is O=S(=O)(O)O[C@@H]1CO[C@@H](O[C@@H]2CO[C@@H](O)C(O)C2O)C(O)C1O. The molecular formula is C10H18O12S. The van der Waals surface area contributed by atoms with Gasteiger partial charge in [0.05, 0.1) is 13.2 Å². The Morgan fingerprint density at radius 1 is 0.826 bits per heavy atom. The minimum absolute atomic E-state index is 0.326. The standard InChI is InChI=1S/C10H18O12S/c11-5-3(1-19-9(15)7(5)13)21-10-8(14)6(12)4(2-20-10)22-23(16,17)18/h3-15H,1-2H2,(H,16,17,18)/t3-,4-,5?,6?,7?,8?,9-,10+/m1/s1. The highest BCUT2D eigenvalue weighted by Gasteiger charge is 2.45. The maximum absolute atomic E-state index is 10.6. The third kappa shape index (κ3) is 4.55. The van der Waals surface area contributed by atoms with Gasteiger partial charge in [-0.05, 0) is 0 Å². The lowest BCUT2D eigenvalue weighted by molar-refractivity contribution is -0.322. The van der Waals surface area contributed by atoms with E-state index in [-0.39, 0.29) is 6.61 Å². The number of ether oxygens (including phenoxy) is 3. The second kappa shape index (κ2) is 7.20. The number of aliphatic hydroxyl groups is 5. The van der Waals surface area contributed by atoms with Gasteiger partial charge in [0.2, 0.25) is 0 Å². The monoisotopic (exact) mass is 362 g/mol. The normalized spacial score (nSPS) is 45.8. The van der Waals surface area contributed by atoms with Gasteiger partial charge in [0.25, 0.3) is 0 Å². The summed E-state index contributed by atoms with van der Waals surface area (Å²) in [6.45, 7) is -0.870. The van der Waals surface area contributed by atoms with Crippen LogP contribution in [0.3, 0.4) is 0 Å². The molecule has 8 atom stereocenters. The molecule has 2 rings (SSSR count). The van der Waals surface area contributed by atoms with Crippen molar-refractivity contribution in [3.63, 3.8) is 0 Å². The first kappa shape index (κ1) is 18.9. The zero-order valence-electron chi connectivity index (χ0n) is 11.6. The summed E-state index contributed by atoms with van der Waals surface area (Å²) in [5.41, 5.74) is 0. The maximum Gasteiger partial charge on any atom is 0.397 e. The molecule has 0 aromatic rings. The lowest BCUT2D eigenvalue weighted by atomic mass is 10.0. The van der Waals surface area contributed by atoms with E-state index in [1.165, 1.54) is 0 Å². The van der Waals surface area contributed by atoms with Crippen molar-refractivity contribution in [2.75, 3.05) is 13.2 Å². The van der Waals surface area contributed by atoms with Crippen LogP contribution in [0.25, 0.3) is 0 Å². The third-order valence-corrected chi connectivity index (χ3v) is 3.93. The molecule has 2 aliphatic rings. The molecule has 0 aromatic heterocycles. The van der Waals surface area contributed by atoms with E-state index in [1.54, 1.807) is 0 Å². The summed E-state index contributed by atoms with van der Waals surface area (Å²) in [7, 11) is -4.86. The smallest absolute Gasteiger partial charge is 0.387 e. The molecule has 136 valence electrons. The number of rotatable bonds is 4. The van der Waals surface area contributed by atoms with Crippen LogP contribution in [0.5, 0.6) is 0 Å². The van der Waals surface area contributed by atoms with Crippen LogP contribution in [0.1, 0.15) is 0 Å². The maximum atomic E-state index is 10.6. The van der Waals surface area contributed by atoms with Gasteiger partial charge in [-0.1, -0.05) is 0 Å². The minimum Gasteiger partial charge on any atom is -0.387 e. The van der Waals surface area contributed by atoms with Gasteiger partial charge in [-0.15, -0.1) is 0 Å².